The number of carbonyl (C=O) groups excluding carboxylic acids is 2. The van der Waals surface area contributed by atoms with E-state index in [1.54, 1.807) is 6.92 Å². The molecule has 0 bridgehead atoms. The van der Waals surface area contributed by atoms with Crippen molar-refractivity contribution in [1.82, 2.24) is 0 Å². The van der Waals surface area contributed by atoms with Gasteiger partial charge in [-0.1, -0.05) is 36.4 Å². The van der Waals surface area contributed by atoms with Gasteiger partial charge in [0.05, 0.1) is 6.61 Å². The molecule has 0 saturated heterocycles. The molecule has 0 amide bonds. The summed E-state index contributed by atoms with van der Waals surface area (Å²) in [6.45, 7) is 7.72. The van der Waals surface area contributed by atoms with E-state index in [1.807, 2.05) is 24.3 Å². The van der Waals surface area contributed by atoms with E-state index < -0.39 is 11.4 Å². The van der Waals surface area contributed by atoms with Crippen molar-refractivity contribution in [2.24, 2.45) is 5.41 Å². The van der Waals surface area contributed by atoms with E-state index in [0.29, 0.717) is 12.8 Å². The van der Waals surface area contributed by atoms with Crippen LogP contribution in [0.4, 0.5) is 0 Å². The molecule has 3 nitrogen and oxygen atoms in total. The Labute approximate surface area is 149 Å². The van der Waals surface area contributed by atoms with E-state index in [1.165, 1.54) is 6.92 Å². The molecular weight excluding hydrogens is 312 g/mol. The molecule has 3 heteroatoms. The maximum Gasteiger partial charge on any atom is 0.320 e. The van der Waals surface area contributed by atoms with Crippen LogP contribution in [-0.4, -0.2) is 18.4 Å². The fourth-order valence-electron chi connectivity index (χ4n) is 3.99. The Balaban J connectivity index is 2.33. The zero-order valence-corrected chi connectivity index (χ0v) is 15.3. The molecule has 2 aromatic carbocycles. The third kappa shape index (κ3) is 2.78. The Kier molecular flexibility index (Phi) is 4.51. The van der Waals surface area contributed by atoms with Crippen molar-refractivity contribution in [3.8, 4) is 11.1 Å². The summed E-state index contributed by atoms with van der Waals surface area (Å²) in [5.41, 5.74) is 5.56. The minimum atomic E-state index is -1.16. The Morgan fingerprint density at radius 1 is 0.960 bits per heavy atom. The monoisotopic (exact) mass is 336 g/mol. The predicted octanol–water partition coefficient (Wildman–Crippen LogP) is 4.21. The van der Waals surface area contributed by atoms with Crippen molar-refractivity contribution >= 4 is 11.8 Å². The van der Waals surface area contributed by atoms with Crippen molar-refractivity contribution < 1.29 is 14.3 Å². The van der Waals surface area contributed by atoms with Crippen LogP contribution < -0.4 is 0 Å². The standard InChI is InChI=1S/C22H24O3/c1-5-25-21(24)22(16(4)23)12-17-10-6-8-14(2)19(17)20-15(3)9-7-11-18(20)13-22/h6-11H,5,12-13H2,1-4H3. The zero-order valence-electron chi connectivity index (χ0n) is 15.3. The van der Waals surface area contributed by atoms with E-state index in [2.05, 4.69) is 26.0 Å². The average molecular weight is 336 g/mol. The first-order valence-corrected chi connectivity index (χ1v) is 8.76. The first kappa shape index (κ1) is 17.4. The van der Waals surface area contributed by atoms with E-state index in [4.69, 9.17) is 4.74 Å². The molecule has 1 aliphatic carbocycles. The number of rotatable bonds is 3. The van der Waals surface area contributed by atoms with Crippen molar-refractivity contribution in [1.29, 1.82) is 0 Å². The Morgan fingerprint density at radius 3 is 1.84 bits per heavy atom. The molecule has 0 saturated carbocycles. The number of ketones is 1. The Morgan fingerprint density at radius 2 is 1.44 bits per heavy atom. The molecule has 2 aromatic rings. The predicted molar refractivity (Wildman–Crippen MR) is 98.5 cm³/mol. The number of Topliss-reactive ketones (excluding diaryl/α,β-unsaturated/α-hetero) is 1. The molecule has 25 heavy (non-hydrogen) atoms. The van der Waals surface area contributed by atoms with Gasteiger partial charge in [0, 0.05) is 0 Å². The summed E-state index contributed by atoms with van der Waals surface area (Å²) in [7, 11) is 0. The Hall–Kier alpha value is -2.42. The molecule has 0 heterocycles. The lowest BCUT2D eigenvalue weighted by atomic mass is 9.74. The van der Waals surface area contributed by atoms with Crippen LogP contribution in [0.5, 0.6) is 0 Å². The number of esters is 1. The molecule has 0 radical (unpaired) electrons. The first-order chi connectivity index (χ1) is 11.9. The van der Waals surface area contributed by atoms with E-state index in [-0.39, 0.29) is 12.4 Å². The molecule has 0 fully saturated rings. The van der Waals surface area contributed by atoms with Gasteiger partial charge in [-0.15, -0.1) is 0 Å². The number of benzene rings is 2. The fourth-order valence-corrected chi connectivity index (χ4v) is 3.99. The van der Waals surface area contributed by atoms with Crippen LogP contribution in [0.1, 0.15) is 36.1 Å². The van der Waals surface area contributed by atoms with Crippen LogP contribution in [0, 0.1) is 19.3 Å². The van der Waals surface area contributed by atoms with Crippen molar-refractivity contribution in [2.75, 3.05) is 6.61 Å². The summed E-state index contributed by atoms with van der Waals surface area (Å²) in [5, 5.41) is 0. The zero-order chi connectivity index (χ0) is 18.2. The quantitative estimate of drug-likeness (QED) is 0.623. The van der Waals surface area contributed by atoms with Crippen LogP contribution in [0.25, 0.3) is 11.1 Å². The lowest BCUT2D eigenvalue weighted by molar-refractivity contribution is -0.159. The second kappa shape index (κ2) is 6.47. The van der Waals surface area contributed by atoms with Gasteiger partial charge in [0.15, 0.2) is 0 Å². The van der Waals surface area contributed by atoms with Crippen LogP contribution >= 0.6 is 0 Å². The second-order valence-corrected chi connectivity index (χ2v) is 6.93. The molecule has 130 valence electrons. The number of ether oxygens (including phenoxy) is 1. The topological polar surface area (TPSA) is 43.4 Å². The van der Waals surface area contributed by atoms with E-state index >= 15 is 0 Å². The summed E-state index contributed by atoms with van der Waals surface area (Å²) in [6, 6.07) is 12.2. The largest absolute Gasteiger partial charge is 0.465 e. The molecule has 1 aliphatic rings. The summed E-state index contributed by atoms with van der Waals surface area (Å²) in [5.74, 6) is -0.544. The van der Waals surface area contributed by atoms with Crippen molar-refractivity contribution in [3.05, 3.63) is 58.7 Å². The van der Waals surface area contributed by atoms with E-state index in [9.17, 15) is 9.59 Å². The normalized spacial score (nSPS) is 14.9. The number of aryl methyl sites for hydroxylation is 2. The van der Waals surface area contributed by atoms with Gasteiger partial charge in [0.25, 0.3) is 0 Å². The SMILES string of the molecule is CCOC(=O)C1(C(C)=O)Cc2cccc(C)c2-c2c(C)cccc2C1. The number of hydrogen-bond acceptors (Lipinski definition) is 3. The van der Waals surface area contributed by atoms with Gasteiger partial charge in [-0.25, -0.2) is 0 Å². The second-order valence-electron chi connectivity index (χ2n) is 6.93. The molecule has 0 unspecified atom stereocenters. The van der Waals surface area contributed by atoms with Gasteiger partial charge < -0.3 is 4.74 Å². The van der Waals surface area contributed by atoms with E-state index in [0.717, 1.165) is 33.4 Å². The van der Waals surface area contributed by atoms with Crippen LogP contribution in [-0.2, 0) is 27.2 Å². The highest BCUT2D eigenvalue weighted by Crippen LogP contribution is 2.43. The van der Waals surface area contributed by atoms with Gasteiger partial charge in [-0.05, 0) is 73.9 Å². The molecular formula is C22H24O3. The van der Waals surface area contributed by atoms with Crippen molar-refractivity contribution in [3.63, 3.8) is 0 Å². The first-order valence-electron chi connectivity index (χ1n) is 8.76. The number of carbonyl (C=O) groups is 2. The lowest BCUT2D eigenvalue weighted by Crippen LogP contribution is -2.43. The summed E-state index contributed by atoms with van der Waals surface area (Å²) in [4.78, 5) is 25.5. The maximum absolute atomic E-state index is 12.9. The highest BCUT2D eigenvalue weighted by molar-refractivity contribution is 6.04. The summed E-state index contributed by atoms with van der Waals surface area (Å²) < 4.78 is 5.33. The maximum atomic E-state index is 12.9. The van der Waals surface area contributed by atoms with Gasteiger partial charge in [-0.2, -0.15) is 0 Å². The highest BCUT2D eigenvalue weighted by Gasteiger charge is 2.47. The molecule has 0 aromatic heterocycles. The molecule has 3 rings (SSSR count). The summed E-state index contributed by atoms with van der Waals surface area (Å²) in [6.07, 6.45) is 0.762. The van der Waals surface area contributed by atoms with Gasteiger partial charge in [-0.3, -0.25) is 9.59 Å². The molecule has 0 atom stereocenters. The van der Waals surface area contributed by atoms with Gasteiger partial charge in [0.1, 0.15) is 11.2 Å². The minimum absolute atomic E-state index is 0.132. The average Bonchev–Trinajstić information content (AvgIpc) is 2.72. The molecule has 0 aliphatic heterocycles. The van der Waals surface area contributed by atoms with Crippen LogP contribution in [0.3, 0.4) is 0 Å². The molecule has 0 N–H and O–H groups in total. The lowest BCUT2D eigenvalue weighted by Gasteiger charge is -2.28. The summed E-state index contributed by atoms with van der Waals surface area (Å²) >= 11 is 0. The van der Waals surface area contributed by atoms with Crippen LogP contribution in [0.2, 0.25) is 0 Å². The van der Waals surface area contributed by atoms with Crippen LogP contribution in [0.15, 0.2) is 36.4 Å². The van der Waals surface area contributed by atoms with Gasteiger partial charge >= 0.3 is 5.97 Å². The number of fused-ring (bicyclic) bond motifs is 3. The molecule has 0 spiro atoms. The van der Waals surface area contributed by atoms with Crippen molar-refractivity contribution in [2.45, 2.75) is 40.5 Å². The minimum Gasteiger partial charge on any atom is -0.465 e. The number of hydrogen-bond donors (Lipinski definition) is 0. The van der Waals surface area contributed by atoms with Gasteiger partial charge in [0.2, 0.25) is 0 Å². The Bertz CT molecular complexity index is 795. The third-order valence-electron chi connectivity index (χ3n) is 5.29. The smallest absolute Gasteiger partial charge is 0.320 e. The third-order valence-corrected chi connectivity index (χ3v) is 5.29. The fraction of sp³-hybridized carbons (Fsp3) is 0.364. The highest BCUT2D eigenvalue weighted by atomic mass is 16.5.